The standard InChI is InChI=1S/C12H22/c1-11(2)7-5-6-8-12(3,4)10-9-11/h5-6H,7-10H2,1-4H3/b6-5-. The third-order valence-electron chi connectivity index (χ3n) is 2.99. The fourth-order valence-corrected chi connectivity index (χ4v) is 1.69. The molecule has 1 rings (SSSR count). The summed E-state index contributed by atoms with van der Waals surface area (Å²) in [7, 11) is 0. The van der Waals surface area contributed by atoms with Gasteiger partial charge in [0, 0.05) is 0 Å². The smallest absolute Gasteiger partial charge is 0.0299 e. The van der Waals surface area contributed by atoms with Gasteiger partial charge in [0.2, 0.25) is 0 Å². The molecule has 0 heteroatoms. The summed E-state index contributed by atoms with van der Waals surface area (Å²) < 4.78 is 0. The number of allylic oxidation sites excluding steroid dienone is 2. The van der Waals surface area contributed by atoms with Gasteiger partial charge in [0.05, 0.1) is 0 Å². The van der Waals surface area contributed by atoms with Crippen LogP contribution in [0.1, 0.15) is 53.4 Å². The fraction of sp³-hybridized carbons (Fsp3) is 0.833. The van der Waals surface area contributed by atoms with Crippen LogP contribution < -0.4 is 0 Å². The molecule has 0 nitrogen and oxygen atoms in total. The van der Waals surface area contributed by atoms with Gasteiger partial charge >= 0.3 is 0 Å². The Hall–Kier alpha value is -0.260. The largest absolute Gasteiger partial charge is 0.0880 e. The Bertz CT molecular complexity index is 152. The first-order chi connectivity index (χ1) is 5.41. The quantitative estimate of drug-likeness (QED) is 0.474. The van der Waals surface area contributed by atoms with Crippen molar-refractivity contribution in [1.29, 1.82) is 0 Å². The molecule has 0 aliphatic heterocycles. The predicted molar refractivity (Wildman–Crippen MR) is 55.2 cm³/mol. The van der Waals surface area contributed by atoms with E-state index in [4.69, 9.17) is 0 Å². The molecule has 0 heterocycles. The Morgan fingerprint density at radius 3 is 1.42 bits per heavy atom. The van der Waals surface area contributed by atoms with Crippen LogP contribution in [0.15, 0.2) is 12.2 Å². The molecule has 0 saturated heterocycles. The first-order valence-electron chi connectivity index (χ1n) is 5.06. The molecule has 70 valence electrons. The molecular formula is C12H22. The lowest BCUT2D eigenvalue weighted by Gasteiger charge is -2.32. The maximum atomic E-state index is 2.37. The molecule has 0 saturated carbocycles. The molecule has 0 spiro atoms. The van der Waals surface area contributed by atoms with Gasteiger partial charge in [0.1, 0.15) is 0 Å². The van der Waals surface area contributed by atoms with Gasteiger partial charge in [-0.05, 0) is 36.5 Å². The molecule has 0 N–H and O–H groups in total. The molecule has 0 bridgehead atoms. The first-order valence-corrected chi connectivity index (χ1v) is 5.06. The van der Waals surface area contributed by atoms with Gasteiger partial charge < -0.3 is 0 Å². The Balaban J connectivity index is 2.64. The molecule has 12 heavy (non-hydrogen) atoms. The van der Waals surface area contributed by atoms with Crippen molar-refractivity contribution in [3.8, 4) is 0 Å². The highest BCUT2D eigenvalue weighted by Gasteiger charge is 2.24. The molecule has 1 aliphatic carbocycles. The Labute approximate surface area is 77.1 Å². The highest BCUT2D eigenvalue weighted by atomic mass is 14.3. The van der Waals surface area contributed by atoms with Gasteiger partial charge in [0.15, 0.2) is 0 Å². The minimum atomic E-state index is 0.522. The van der Waals surface area contributed by atoms with Gasteiger partial charge in [-0.15, -0.1) is 0 Å². The van der Waals surface area contributed by atoms with Gasteiger partial charge in [-0.2, -0.15) is 0 Å². The van der Waals surface area contributed by atoms with Crippen molar-refractivity contribution < 1.29 is 0 Å². The van der Waals surface area contributed by atoms with Crippen molar-refractivity contribution in [2.24, 2.45) is 10.8 Å². The van der Waals surface area contributed by atoms with Crippen LogP contribution in [0.4, 0.5) is 0 Å². The maximum absolute atomic E-state index is 2.37. The fourth-order valence-electron chi connectivity index (χ4n) is 1.69. The van der Waals surface area contributed by atoms with Crippen molar-refractivity contribution in [2.45, 2.75) is 53.4 Å². The van der Waals surface area contributed by atoms with E-state index in [2.05, 4.69) is 39.8 Å². The molecule has 0 amide bonds. The number of hydrogen-bond donors (Lipinski definition) is 0. The molecule has 0 unspecified atom stereocenters. The summed E-state index contributed by atoms with van der Waals surface area (Å²) in [4.78, 5) is 0. The van der Waals surface area contributed by atoms with Crippen LogP contribution in [0.3, 0.4) is 0 Å². The maximum Gasteiger partial charge on any atom is -0.0299 e. The van der Waals surface area contributed by atoms with Crippen LogP contribution >= 0.6 is 0 Å². The molecule has 0 radical (unpaired) electrons. The third kappa shape index (κ3) is 3.00. The zero-order valence-electron chi connectivity index (χ0n) is 8.98. The van der Waals surface area contributed by atoms with E-state index in [9.17, 15) is 0 Å². The van der Waals surface area contributed by atoms with Gasteiger partial charge in [-0.1, -0.05) is 39.8 Å². The van der Waals surface area contributed by atoms with E-state index in [-0.39, 0.29) is 0 Å². The van der Waals surface area contributed by atoms with E-state index in [1.54, 1.807) is 0 Å². The molecule has 0 aromatic rings. The summed E-state index contributed by atoms with van der Waals surface area (Å²) in [6.07, 6.45) is 9.96. The van der Waals surface area contributed by atoms with Crippen molar-refractivity contribution in [3.63, 3.8) is 0 Å². The Kier molecular flexibility index (Phi) is 2.65. The zero-order valence-corrected chi connectivity index (χ0v) is 8.98. The van der Waals surface area contributed by atoms with Crippen molar-refractivity contribution >= 4 is 0 Å². The van der Waals surface area contributed by atoms with Crippen LogP contribution in [-0.4, -0.2) is 0 Å². The summed E-state index contributed by atoms with van der Waals surface area (Å²) in [6, 6.07) is 0. The van der Waals surface area contributed by atoms with Crippen molar-refractivity contribution in [3.05, 3.63) is 12.2 Å². The van der Waals surface area contributed by atoms with Gasteiger partial charge in [-0.3, -0.25) is 0 Å². The third-order valence-corrected chi connectivity index (χ3v) is 2.99. The van der Waals surface area contributed by atoms with Gasteiger partial charge in [0.25, 0.3) is 0 Å². The predicted octanol–water partition coefficient (Wildman–Crippen LogP) is 4.17. The summed E-state index contributed by atoms with van der Waals surface area (Å²) in [5.41, 5.74) is 1.04. The molecule has 0 fully saturated rings. The second kappa shape index (κ2) is 3.24. The lowest BCUT2D eigenvalue weighted by Crippen LogP contribution is -2.19. The first kappa shape index (κ1) is 9.83. The van der Waals surface area contributed by atoms with Crippen LogP contribution in [0.5, 0.6) is 0 Å². The van der Waals surface area contributed by atoms with E-state index in [1.165, 1.54) is 25.7 Å². The van der Waals surface area contributed by atoms with E-state index in [0.717, 1.165) is 0 Å². The van der Waals surface area contributed by atoms with Gasteiger partial charge in [-0.25, -0.2) is 0 Å². The lowest BCUT2D eigenvalue weighted by molar-refractivity contribution is 0.234. The van der Waals surface area contributed by atoms with Crippen LogP contribution in [0, 0.1) is 10.8 Å². The van der Waals surface area contributed by atoms with Crippen LogP contribution in [0.2, 0.25) is 0 Å². The number of rotatable bonds is 0. The average molecular weight is 166 g/mol. The zero-order chi connectivity index (χ0) is 9.24. The Morgan fingerprint density at radius 2 is 1.08 bits per heavy atom. The SMILES string of the molecule is CC1(C)C/C=C\CC(C)(C)CC1. The summed E-state index contributed by atoms with van der Waals surface area (Å²) in [6.45, 7) is 9.50. The molecule has 0 aromatic heterocycles. The Morgan fingerprint density at radius 1 is 0.750 bits per heavy atom. The van der Waals surface area contributed by atoms with E-state index in [0.29, 0.717) is 10.8 Å². The van der Waals surface area contributed by atoms with E-state index >= 15 is 0 Å². The van der Waals surface area contributed by atoms with E-state index in [1.807, 2.05) is 0 Å². The highest BCUT2D eigenvalue weighted by Crippen LogP contribution is 2.37. The molecule has 1 aliphatic rings. The average Bonchev–Trinajstić information content (AvgIpc) is 1.94. The summed E-state index contributed by atoms with van der Waals surface area (Å²) in [5.74, 6) is 0. The summed E-state index contributed by atoms with van der Waals surface area (Å²) >= 11 is 0. The van der Waals surface area contributed by atoms with Crippen molar-refractivity contribution in [1.82, 2.24) is 0 Å². The molecule has 0 aromatic carbocycles. The topological polar surface area (TPSA) is 0 Å². The second-order valence-electron chi connectivity index (χ2n) is 5.71. The molecular weight excluding hydrogens is 144 g/mol. The van der Waals surface area contributed by atoms with E-state index < -0.39 is 0 Å². The second-order valence-corrected chi connectivity index (χ2v) is 5.71. The number of hydrogen-bond acceptors (Lipinski definition) is 0. The monoisotopic (exact) mass is 166 g/mol. The van der Waals surface area contributed by atoms with Crippen molar-refractivity contribution in [2.75, 3.05) is 0 Å². The lowest BCUT2D eigenvalue weighted by atomic mass is 9.74. The summed E-state index contributed by atoms with van der Waals surface area (Å²) in [5, 5.41) is 0. The van der Waals surface area contributed by atoms with Crippen LogP contribution in [-0.2, 0) is 0 Å². The minimum absolute atomic E-state index is 0.522. The minimum Gasteiger partial charge on any atom is -0.0880 e. The highest BCUT2D eigenvalue weighted by molar-refractivity contribution is 4.94. The molecule has 0 atom stereocenters. The van der Waals surface area contributed by atoms with Crippen LogP contribution in [0.25, 0.3) is 0 Å². The normalized spacial score (nSPS) is 30.3.